The van der Waals surface area contributed by atoms with E-state index in [0.29, 0.717) is 11.8 Å². The molecule has 0 aliphatic rings. The van der Waals surface area contributed by atoms with Gasteiger partial charge in [-0.2, -0.15) is 13.2 Å². The molecular formula is C15H10F3N5OS. The van der Waals surface area contributed by atoms with Crippen molar-refractivity contribution in [2.45, 2.75) is 13.1 Å². The first kappa shape index (κ1) is 17.0. The molecule has 6 nitrogen and oxygen atoms in total. The Morgan fingerprint density at radius 1 is 1.24 bits per heavy atom. The molecule has 0 saturated heterocycles. The number of aryl methyl sites for hydroxylation is 1. The number of rotatable bonds is 3. The number of alkyl halides is 3. The molecule has 0 unspecified atom stereocenters. The standard InChI is InChI=1S/C15H10F3N5OS/c1-8-20-10(5-12(21-8)15(16,17)18)13(24)23-14-22-11(7-25-14)9-3-2-4-19-6-9/h2-7H,1H3,(H,22,23,24). The van der Waals surface area contributed by atoms with E-state index in [0.717, 1.165) is 16.9 Å². The molecule has 0 spiro atoms. The van der Waals surface area contributed by atoms with E-state index in [2.05, 4.69) is 25.3 Å². The lowest BCUT2D eigenvalue weighted by Gasteiger charge is -2.08. The minimum absolute atomic E-state index is 0.143. The Balaban J connectivity index is 1.82. The third-order valence-corrected chi connectivity index (χ3v) is 3.80. The summed E-state index contributed by atoms with van der Waals surface area (Å²) in [4.78, 5) is 27.4. The van der Waals surface area contributed by atoms with Gasteiger partial charge in [-0.25, -0.2) is 15.0 Å². The van der Waals surface area contributed by atoms with Gasteiger partial charge in [0.2, 0.25) is 0 Å². The van der Waals surface area contributed by atoms with Crippen LogP contribution in [0.2, 0.25) is 0 Å². The SMILES string of the molecule is Cc1nc(C(=O)Nc2nc(-c3cccnc3)cs2)cc(C(F)(F)F)n1. The highest BCUT2D eigenvalue weighted by molar-refractivity contribution is 7.14. The summed E-state index contributed by atoms with van der Waals surface area (Å²) < 4.78 is 38.4. The molecule has 1 amide bonds. The van der Waals surface area contributed by atoms with E-state index >= 15 is 0 Å². The van der Waals surface area contributed by atoms with E-state index in [9.17, 15) is 18.0 Å². The molecule has 0 aromatic carbocycles. The molecule has 3 rings (SSSR count). The van der Waals surface area contributed by atoms with Crippen molar-refractivity contribution in [1.29, 1.82) is 0 Å². The zero-order valence-electron chi connectivity index (χ0n) is 12.7. The van der Waals surface area contributed by atoms with Gasteiger partial charge in [-0.05, 0) is 19.1 Å². The van der Waals surface area contributed by atoms with Crippen molar-refractivity contribution >= 4 is 22.4 Å². The number of halogens is 3. The number of hydrogen-bond donors (Lipinski definition) is 1. The molecule has 0 aliphatic carbocycles. The second-order valence-corrected chi connectivity index (χ2v) is 5.78. The van der Waals surface area contributed by atoms with Crippen LogP contribution in [0, 0.1) is 6.92 Å². The Morgan fingerprint density at radius 3 is 2.72 bits per heavy atom. The molecule has 3 aromatic rings. The number of carbonyl (C=O) groups is 1. The van der Waals surface area contributed by atoms with Crippen molar-refractivity contribution in [2.24, 2.45) is 0 Å². The average molecular weight is 365 g/mol. The van der Waals surface area contributed by atoms with Crippen LogP contribution in [0.25, 0.3) is 11.3 Å². The van der Waals surface area contributed by atoms with E-state index in [4.69, 9.17) is 0 Å². The zero-order valence-corrected chi connectivity index (χ0v) is 13.5. The maximum absolute atomic E-state index is 12.8. The van der Waals surface area contributed by atoms with Gasteiger partial charge in [-0.15, -0.1) is 11.3 Å². The fourth-order valence-corrected chi connectivity index (χ4v) is 2.68. The first-order valence-electron chi connectivity index (χ1n) is 6.93. The first-order chi connectivity index (χ1) is 11.8. The summed E-state index contributed by atoms with van der Waals surface area (Å²) >= 11 is 1.14. The van der Waals surface area contributed by atoms with Crippen LogP contribution in [-0.4, -0.2) is 25.8 Å². The van der Waals surface area contributed by atoms with Crippen LogP contribution in [0.1, 0.15) is 22.0 Å². The van der Waals surface area contributed by atoms with Gasteiger partial charge in [0, 0.05) is 29.4 Å². The summed E-state index contributed by atoms with van der Waals surface area (Å²) in [5, 5.41) is 4.40. The van der Waals surface area contributed by atoms with Crippen molar-refractivity contribution in [1.82, 2.24) is 19.9 Å². The molecule has 1 N–H and O–H groups in total. The van der Waals surface area contributed by atoms with Crippen LogP contribution in [-0.2, 0) is 6.18 Å². The fraction of sp³-hybridized carbons (Fsp3) is 0.133. The Labute approximate surface area is 143 Å². The average Bonchev–Trinajstić information content (AvgIpc) is 3.03. The zero-order chi connectivity index (χ0) is 18.0. The number of anilines is 1. The predicted octanol–water partition coefficient (Wildman–Crippen LogP) is 3.57. The summed E-state index contributed by atoms with van der Waals surface area (Å²) in [5.41, 5.74) is -0.182. The van der Waals surface area contributed by atoms with Crippen LogP contribution in [0.5, 0.6) is 0 Å². The van der Waals surface area contributed by atoms with Gasteiger partial charge < -0.3 is 0 Å². The summed E-state index contributed by atoms with van der Waals surface area (Å²) in [6.45, 7) is 1.29. The lowest BCUT2D eigenvalue weighted by atomic mass is 10.2. The van der Waals surface area contributed by atoms with Crippen molar-refractivity contribution in [3.63, 3.8) is 0 Å². The summed E-state index contributed by atoms with van der Waals surface area (Å²) in [5.74, 6) is -0.932. The highest BCUT2D eigenvalue weighted by atomic mass is 32.1. The molecule has 0 saturated carbocycles. The molecule has 0 aliphatic heterocycles. The highest BCUT2D eigenvalue weighted by Crippen LogP contribution is 2.28. The number of hydrogen-bond acceptors (Lipinski definition) is 6. The number of aromatic nitrogens is 4. The number of thiazole rings is 1. The van der Waals surface area contributed by atoms with Crippen LogP contribution in [0.4, 0.5) is 18.3 Å². The molecule has 0 bridgehead atoms. The number of pyridine rings is 1. The molecule has 0 radical (unpaired) electrons. The lowest BCUT2D eigenvalue weighted by Crippen LogP contribution is -2.18. The number of nitrogens with one attached hydrogen (secondary N) is 1. The minimum atomic E-state index is -4.66. The molecule has 25 heavy (non-hydrogen) atoms. The fourth-order valence-electron chi connectivity index (χ4n) is 1.97. The quantitative estimate of drug-likeness (QED) is 0.767. The van der Waals surface area contributed by atoms with Gasteiger partial charge in [0.05, 0.1) is 5.69 Å². The van der Waals surface area contributed by atoms with Gasteiger partial charge in [0.1, 0.15) is 17.2 Å². The summed E-state index contributed by atoms with van der Waals surface area (Å²) in [6.07, 6.45) is -1.42. The molecule has 3 heterocycles. The molecular weight excluding hydrogens is 355 g/mol. The molecule has 3 aromatic heterocycles. The number of carbonyl (C=O) groups excluding carboxylic acids is 1. The van der Waals surface area contributed by atoms with Crippen LogP contribution in [0.15, 0.2) is 36.0 Å². The number of amides is 1. The van der Waals surface area contributed by atoms with Crippen LogP contribution >= 0.6 is 11.3 Å². The molecule has 10 heteroatoms. The topological polar surface area (TPSA) is 80.7 Å². The second-order valence-electron chi connectivity index (χ2n) is 4.92. The molecule has 0 atom stereocenters. The van der Waals surface area contributed by atoms with Crippen molar-refractivity contribution < 1.29 is 18.0 Å². The van der Waals surface area contributed by atoms with E-state index in [1.807, 2.05) is 0 Å². The van der Waals surface area contributed by atoms with Crippen molar-refractivity contribution in [3.8, 4) is 11.3 Å². The molecule has 128 valence electrons. The van der Waals surface area contributed by atoms with Crippen molar-refractivity contribution in [3.05, 3.63) is 53.2 Å². The van der Waals surface area contributed by atoms with E-state index in [-0.39, 0.29) is 16.6 Å². The summed E-state index contributed by atoms with van der Waals surface area (Å²) in [6, 6.07) is 4.16. The van der Waals surface area contributed by atoms with Crippen molar-refractivity contribution in [2.75, 3.05) is 5.32 Å². The van der Waals surface area contributed by atoms with Gasteiger partial charge >= 0.3 is 6.18 Å². The lowest BCUT2D eigenvalue weighted by molar-refractivity contribution is -0.141. The Morgan fingerprint density at radius 2 is 2.04 bits per heavy atom. The van der Waals surface area contributed by atoms with Gasteiger partial charge in [-0.1, -0.05) is 0 Å². The molecule has 0 fully saturated rings. The van der Waals surface area contributed by atoms with E-state index in [1.54, 1.807) is 29.9 Å². The Kier molecular flexibility index (Phi) is 4.45. The van der Waals surface area contributed by atoms with Gasteiger partial charge in [0.25, 0.3) is 5.91 Å². The minimum Gasteiger partial charge on any atom is -0.296 e. The Hall–Kier alpha value is -2.88. The Bertz CT molecular complexity index is 911. The monoisotopic (exact) mass is 365 g/mol. The van der Waals surface area contributed by atoms with Crippen LogP contribution in [0.3, 0.4) is 0 Å². The smallest absolute Gasteiger partial charge is 0.296 e. The highest BCUT2D eigenvalue weighted by Gasteiger charge is 2.34. The third kappa shape index (κ3) is 3.97. The summed E-state index contributed by atoms with van der Waals surface area (Å²) in [7, 11) is 0. The second kappa shape index (κ2) is 6.55. The van der Waals surface area contributed by atoms with Gasteiger partial charge in [-0.3, -0.25) is 15.1 Å². The largest absolute Gasteiger partial charge is 0.433 e. The first-order valence-corrected chi connectivity index (χ1v) is 7.81. The van der Waals surface area contributed by atoms with Crippen LogP contribution < -0.4 is 5.32 Å². The van der Waals surface area contributed by atoms with Gasteiger partial charge in [0.15, 0.2) is 5.13 Å². The third-order valence-electron chi connectivity index (χ3n) is 3.04. The predicted molar refractivity (Wildman–Crippen MR) is 85.1 cm³/mol. The maximum Gasteiger partial charge on any atom is 0.433 e. The number of nitrogens with zero attached hydrogens (tertiary/aromatic N) is 4. The van der Waals surface area contributed by atoms with E-state index in [1.165, 1.54) is 6.92 Å². The normalized spacial score (nSPS) is 11.4. The van der Waals surface area contributed by atoms with E-state index < -0.39 is 17.8 Å². The maximum atomic E-state index is 12.8.